The minimum Gasteiger partial charge on any atom is -0.465 e. The summed E-state index contributed by atoms with van der Waals surface area (Å²) in [6.45, 7) is 4.56. The van der Waals surface area contributed by atoms with E-state index in [9.17, 15) is 4.79 Å². The summed E-state index contributed by atoms with van der Waals surface area (Å²) in [7, 11) is 0. The summed E-state index contributed by atoms with van der Waals surface area (Å²) in [6, 6.07) is 10.1. The van der Waals surface area contributed by atoms with E-state index < -0.39 is 6.09 Å². The molecule has 7 heteroatoms. The molecule has 0 atom stereocenters. The lowest BCUT2D eigenvalue weighted by molar-refractivity contribution is -0.0139. The highest BCUT2D eigenvalue weighted by Gasteiger charge is 2.30. The lowest BCUT2D eigenvalue weighted by Crippen LogP contribution is -2.45. The lowest BCUT2D eigenvalue weighted by atomic mass is 9.81. The molecule has 2 rings (SSSR count). The van der Waals surface area contributed by atoms with Crippen LogP contribution in [0.15, 0.2) is 30.3 Å². The number of hydrogen-bond acceptors (Lipinski definition) is 5. The summed E-state index contributed by atoms with van der Waals surface area (Å²) in [5.74, 6) is 0.450. The van der Waals surface area contributed by atoms with Gasteiger partial charge in [-0.25, -0.2) is 4.79 Å². The molecule has 0 unspecified atom stereocenters. The molecule has 0 spiro atoms. The van der Waals surface area contributed by atoms with E-state index in [1.54, 1.807) is 0 Å². The molecule has 1 fully saturated rings. The van der Waals surface area contributed by atoms with E-state index in [0.29, 0.717) is 58.8 Å². The van der Waals surface area contributed by atoms with Gasteiger partial charge in [0.25, 0.3) is 0 Å². The van der Waals surface area contributed by atoms with Crippen molar-refractivity contribution in [2.24, 2.45) is 5.92 Å². The van der Waals surface area contributed by atoms with Gasteiger partial charge < -0.3 is 29.4 Å². The highest BCUT2D eigenvalue weighted by molar-refractivity contribution is 5.65. The lowest BCUT2D eigenvalue weighted by Gasteiger charge is -2.34. The molecule has 2 N–H and O–H groups in total. The van der Waals surface area contributed by atoms with Gasteiger partial charge in [0.05, 0.1) is 46.2 Å². The molecule has 1 aliphatic carbocycles. The average Bonchev–Trinajstić information content (AvgIpc) is 2.60. The molecule has 1 aromatic carbocycles. The number of ether oxygens (including phenoxy) is 4. The zero-order chi connectivity index (χ0) is 18.5. The summed E-state index contributed by atoms with van der Waals surface area (Å²) in [4.78, 5) is 10.5. The summed E-state index contributed by atoms with van der Waals surface area (Å²) < 4.78 is 21.9. The molecule has 1 saturated carbocycles. The van der Waals surface area contributed by atoms with Crippen molar-refractivity contribution in [2.45, 2.75) is 25.5 Å². The van der Waals surface area contributed by atoms with Crippen LogP contribution >= 0.6 is 0 Å². The number of carboxylic acid groups (broad SMARTS) is 1. The van der Waals surface area contributed by atoms with Gasteiger partial charge in [-0.3, -0.25) is 0 Å². The molecule has 7 nitrogen and oxygen atoms in total. The molecule has 0 radical (unpaired) electrons. The smallest absolute Gasteiger partial charge is 0.404 e. The Morgan fingerprint density at radius 2 is 1.50 bits per heavy atom. The molecule has 146 valence electrons. The van der Waals surface area contributed by atoms with Crippen LogP contribution in [-0.2, 0) is 25.6 Å². The monoisotopic (exact) mass is 367 g/mol. The third-order valence-electron chi connectivity index (χ3n) is 4.14. The fourth-order valence-electron chi connectivity index (χ4n) is 2.74. The standard InChI is InChI=1S/C19H29NO6/c21-19(22)20-18-12-17(13-18)15-26-11-9-24-7-6-23-8-10-25-14-16-4-2-1-3-5-16/h1-5,17-18,20H,6-15H2,(H,21,22). The van der Waals surface area contributed by atoms with Gasteiger partial charge in [0.2, 0.25) is 0 Å². The third-order valence-corrected chi connectivity index (χ3v) is 4.14. The van der Waals surface area contributed by atoms with E-state index in [0.717, 1.165) is 18.4 Å². The Balaban J connectivity index is 1.27. The third kappa shape index (κ3) is 9.15. The second-order valence-corrected chi connectivity index (χ2v) is 6.32. The van der Waals surface area contributed by atoms with Crippen LogP contribution < -0.4 is 5.32 Å². The van der Waals surface area contributed by atoms with Crippen molar-refractivity contribution in [2.75, 3.05) is 46.2 Å². The van der Waals surface area contributed by atoms with Crippen LogP contribution in [0.25, 0.3) is 0 Å². The van der Waals surface area contributed by atoms with Gasteiger partial charge in [0.1, 0.15) is 0 Å². The Hall–Kier alpha value is -1.67. The van der Waals surface area contributed by atoms with E-state index in [2.05, 4.69) is 5.32 Å². The van der Waals surface area contributed by atoms with Gasteiger partial charge in [-0.05, 0) is 24.3 Å². The molecule has 26 heavy (non-hydrogen) atoms. The highest BCUT2D eigenvalue weighted by Crippen LogP contribution is 2.27. The van der Waals surface area contributed by atoms with Crippen molar-refractivity contribution >= 4 is 6.09 Å². The molecule has 0 aliphatic heterocycles. The van der Waals surface area contributed by atoms with Crippen LogP contribution in [0, 0.1) is 5.92 Å². The fourth-order valence-corrected chi connectivity index (χ4v) is 2.74. The van der Waals surface area contributed by atoms with Crippen LogP contribution in [0.2, 0.25) is 0 Å². The number of benzene rings is 1. The Morgan fingerprint density at radius 3 is 2.12 bits per heavy atom. The van der Waals surface area contributed by atoms with Crippen molar-refractivity contribution in [1.29, 1.82) is 0 Å². The predicted molar refractivity (Wildman–Crippen MR) is 96.2 cm³/mol. The van der Waals surface area contributed by atoms with Gasteiger partial charge in [0.15, 0.2) is 0 Å². The number of nitrogens with one attached hydrogen (secondary N) is 1. The fraction of sp³-hybridized carbons (Fsp3) is 0.632. The van der Waals surface area contributed by atoms with Crippen molar-refractivity contribution in [1.82, 2.24) is 5.32 Å². The molecule has 0 aromatic heterocycles. The van der Waals surface area contributed by atoms with Crippen molar-refractivity contribution in [3.8, 4) is 0 Å². The first-order valence-corrected chi connectivity index (χ1v) is 9.08. The van der Waals surface area contributed by atoms with Gasteiger partial charge in [-0.2, -0.15) is 0 Å². The van der Waals surface area contributed by atoms with Gasteiger partial charge >= 0.3 is 6.09 Å². The normalized spacial score (nSPS) is 19.1. The Bertz CT molecular complexity index is 492. The zero-order valence-corrected chi connectivity index (χ0v) is 15.1. The molecule has 0 saturated heterocycles. The van der Waals surface area contributed by atoms with Gasteiger partial charge in [-0.1, -0.05) is 30.3 Å². The molecule has 1 aliphatic rings. The molecule has 1 amide bonds. The SMILES string of the molecule is O=C(O)NC1CC(COCCOCCOCCOCc2ccccc2)C1. The van der Waals surface area contributed by atoms with Crippen molar-refractivity contribution in [3.63, 3.8) is 0 Å². The Morgan fingerprint density at radius 1 is 0.923 bits per heavy atom. The number of carbonyl (C=O) groups is 1. The van der Waals surface area contributed by atoms with E-state index in [1.165, 1.54) is 0 Å². The first-order chi connectivity index (χ1) is 12.7. The summed E-state index contributed by atoms with van der Waals surface area (Å²) in [5, 5.41) is 11.1. The van der Waals surface area contributed by atoms with Crippen LogP contribution in [-0.4, -0.2) is 63.5 Å². The maximum Gasteiger partial charge on any atom is 0.404 e. The van der Waals surface area contributed by atoms with Crippen molar-refractivity contribution < 1.29 is 28.8 Å². The highest BCUT2D eigenvalue weighted by atomic mass is 16.6. The Labute approximate surface area is 154 Å². The maximum atomic E-state index is 10.5. The molecular weight excluding hydrogens is 338 g/mol. The topological polar surface area (TPSA) is 86.3 Å². The number of amides is 1. The first kappa shape index (κ1) is 20.6. The molecule has 0 bridgehead atoms. The van der Waals surface area contributed by atoms with Gasteiger partial charge in [-0.15, -0.1) is 0 Å². The van der Waals surface area contributed by atoms with E-state index in [1.807, 2.05) is 30.3 Å². The van der Waals surface area contributed by atoms with Crippen LogP contribution in [0.4, 0.5) is 4.79 Å². The molecule has 1 aromatic rings. The van der Waals surface area contributed by atoms with E-state index in [-0.39, 0.29) is 6.04 Å². The van der Waals surface area contributed by atoms with Gasteiger partial charge in [0, 0.05) is 12.6 Å². The second kappa shape index (κ2) is 12.6. The quantitative estimate of drug-likeness (QED) is 0.491. The maximum absolute atomic E-state index is 10.5. The first-order valence-electron chi connectivity index (χ1n) is 9.08. The minimum absolute atomic E-state index is 0.0890. The largest absolute Gasteiger partial charge is 0.465 e. The van der Waals surface area contributed by atoms with E-state index >= 15 is 0 Å². The number of rotatable bonds is 14. The predicted octanol–water partition coefficient (Wildman–Crippen LogP) is 2.30. The average molecular weight is 367 g/mol. The van der Waals surface area contributed by atoms with E-state index in [4.69, 9.17) is 24.1 Å². The Kier molecular flexibility index (Phi) is 10.0. The van der Waals surface area contributed by atoms with Crippen molar-refractivity contribution in [3.05, 3.63) is 35.9 Å². The second-order valence-electron chi connectivity index (χ2n) is 6.32. The summed E-state index contributed by atoms with van der Waals surface area (Å²) >= 11 is 0. The zero-order valence-electron chi connectivity index (χ0n) is 15.1. The minimum atomic E-state index is -0.951. The summed E-state index contributed by atoms with van der Waals surface area (Å²) in [6.07, 6.45) is 0.758. The molecular formula is C19H29NO6. The molecule has 0 heterocycles. The summed E-state index contributed by atoms with van der Waals surface area (Å²) in [5.41, 5.74) is 1.16. The van der Waals surface area contributed by atoms with Crippen LogP contribution in [0.3, 0.4) is 0 Å². The van der Waals surface area contributed by atoms with Crippen LogP contribution in [0.5, 0.6) is 0 Å². The number of hydrogen-bond donors (Lipinski definition) is 2. The van der Waals surface area contributed by atoms with Crippen LogP contribution in [0.1, 0.15) is 18.4 Å².